The van der Waals surface area contributed by atoms with Gasteiger partial charge < -0.3 is 9.47 Å². The predicted molar refractivity (Wildman–Crippen MR) is 80.9 cm³/mol. The maximum atomic E-state index is 5.79. The summed E-state index contributed by atoms with van der Waals surface area (Å²) in [5.41, 5.74) is 2.00. The van der Waals surface area contributed by atoms with Gasteiger partial charge in [-0.1, -0.05) is 15.9 Å². The molecule has 102 valence electrons. The second-order valence-corrected chi connectivity index (χ2v) is 5.43. The van der Waals surface area contributed by atoms with Crippen molar-refractivity contribution in [2.75, 3.05) is 7.11 Å². The summed E-state index contributed by atoms with van der Waals surface area (Å²) >= 11 is 6.93. The number of halogens is 2. The third kappa shape index (κ3) is 3.51. The lowest BCUT2D eigenvalue weighted by atomic mass is 10.2. The fraction of sp³-hybridized carbons (Fsp3) is 0.308. The number of ether oxygens (including phenoxy) is 2. The van der Waals surface area contributed by atoms with Gasteiger partial charge in [-0.05, 0) is 39.7 Å². The minimum Gasteiger partial charge on any atom is -0.493 e. The van der Waals surface area contributed by atoms with Gasteiger partial charge in [0.05, 0.1) is 17.3 Å². The Hall–Kier alpha value is -1.01. The Labute approximate surface area is 129 Å². The molecule has 0 N–H and O–H groups in total. The van der Waals surface area contributed by atoms with Gasteiger partial charge in [-0.2, -0.15) is 5.10 Å². The van der Waals surface area contributed by atoms with Crippen LogP contribution in [-0.2, 0) is 19.0 Å². The molecular formula is C13H14Br2N2O2. The molecule has 0 unspecified atom stereocenters. The van der Waals surface area contributed by atoms with Gasteiger partial charge in [0.1, 0.15) is 6.61 Å². The monoisotopic (exact) mass is 388 g/mol. The standard InChI is InChI=1S/C13H14Br2N2O2/c1-17-4-3-10(16-17)8-19-13-11(15)5-9(7-14)6-12(13)18-2/h3-6H,7-8H2,1-2H3. The molecule has 0 saturated carbocycles. The number of rotatable bonds is 5. The van der Waals surface area contributed by atoms with Gasteiger partial charge in [-0.25, -0.2) is 0 Å². The van der Waals surface area contributed by atoms with Crippen LogP contribution in [0.25, 0.3) is 0 Å². The zero-order valence-electron chi connectivity index (χ0n) is 10.7. The second-order valence-electron chi connectivity index (χ2n) is 4.01. The van der Waals surface area contributed by atoms with Crippen molar-refractivity contribution in [3.8, 4) is 11.5 Å². The van der Waals surface area contributed by atoms with Crippen molar-refractivity contribution in [1.29, 1.82) is 0 Å². The van der Waals surface area contributed by atoms with Gasteiger partial charge in [0.2, 0.25) is 0 Å². The van der Waals surface area contributed by atoms with Gasteiger partial charge in [-0.3, -0.25) is 4.68 Å². The molecule has 0 aliphatic carbocycles. The van der Waals surface area contributed by atoms with E-state index in [0.29, 0.717) is 18.1 Å². The third-order valence-electron chi connectivity index (χ3n) is 2.58. The van der Waals surface area contributed by atoms with Crippen molar-refractivity contribution in [3.05, 3.63) is 40.1 Å². The van der Waals surface area contributed by atoms with Crippen LogP contribution in [0.4, 0.5) is 0 Å². The highest BCUT2D eigenvalue weighted by atomic mass is 79.9. The Bertz CT molecular complexity index is 570. The number of methoxy groups -OCH3 is 1. The van der Waals surface area contributed by atoms with Crippen LogP contribution in [0, 0.1) is 0 Å². The van der Waals surface area contributed by atoms with Crippen LogP contribution in [0.5, 0.6) is 11.5 Å². The maximum Gasteiger partial charge on any atom is 0.175 e. The molecule has 0 fully saturated rings. The van der Waals surface area contributed by atoms with E-state index in [9.17, 15) is 0 Å². The highest BCUT2D eigenvalue weighted by molar-refractivity contribution is 9.10. The molecule has 2 rings (SSSR count). The number of alkyl halides is 1. The summed E-state index contributed by atoms with van der Waals surface area (Å²) in [6.45, 7) is 0.406. The number of hydrogen-bond donors (Lipinski definition) is 0. The van der Waals surface area contributed by atoms with Crippen molar-refractivity contribution >= 4 is 31.9 Å². The highest BCUT2D eigenvalue weighted by Gasteiger charge is 2.12. The minimum absolute atomic E-state index is 0.406. The van der Waals surface area contributed by atoms with Gasteiger partial charge in [0.25, 0.3) is 0 Å². The molecule has 4 nitrogen and oxygen atoms in total. The number of hydrogen-bond acceptors (Lipinski definition) is 3. The predicted octanol–water partition coefficient (Wildman–Crippen LogP) is 3.67. The van der Waals surface area contributed by atoms with E-state index >= 15 is 0 Å². The first-order valence-corrected chi connectivity index (χ1v) is 7.59. The fourth-order valence-corrected chi connectivity index (χ4v) is 2.60. The molecule has 0 aliphatic rings. The Morgan fingerprint density at radius 3 is 2.74 bits per heavy atom. The van der Waals surface area contributed by atoms with E-state index in [1.807, 2.05) is 31.4 Å². The van der Waals surface area contributed by atoms with Crippen LogP contribution < -0.4 is 9.47 Å². The lowest BCUT2D eigenvalue weighted by molar-refractivity contribution is 0.277. The zero-order valence-corrected chi connectivity index (χ0v) is 13.9. The quantitative estimate of drug-likeness (QED) is 0.732. The Balaban J connectivity index is 2.19. The number of benzene rings is 1. The average Bonchev–Trinajstić information content (AvgIpc) is 2.82. The summed E-state index contributed by atoms with van der Waals surface area (Å²) in [5.74, 6) is 1.40. The van der Waals surface area contributed by atoms with Gasteiger partial charge in [0.15, 0.2) is 11.5 Å². The zero-order chi connectivity index (χ0) is 13.8. The van der Waals surface area contributed by atoms with E-state index < -0.39 is 0 Å². The average molecular weight is 390 g/mol. The molecule has 19 heavy (non-hydrogen) atoms. The summed E-state index contributed by atoms with van der Waals surface area (Å²) in [6.07, 6.45) is 1.89. The lowest BCUT2D eigenvalue weighted by Gasteiger charge is -2.13. The van der Waals surface area contributed by atoms with Crippen molar-refractivity contribution in [3.63, 3.8) is 0 Å². The Morgan fingerprint density at radius 2 is 2.16 bits per heavy atom. The first-order chi connectivity index (χ1) is 9.13. The summed E-state index contributed by atoms with van der Waals surface area (Å²) in [4.78, 5) is 0. The molecule has 0 spiro atoms. The molecule has 6 heteroatoms. The maximum absolute atomic E-state index is 5.79. The van der Waals surface area contributed by atoms with E-state index in [4.69, 9.17) is 9.47 Å². The first kappa shape index (κ1) is 14.4. The largest absolute Gasteiger partial charge is 0.493 e. The van der Waals surface area contributed by atoms with E-state index in [0.717, 1.165) is 21.1 Å². The van der Waals surface area contributed by atoms with Gasteiger partial charge in [0, 0.05) is 18.6 Å². The van der Waals surface area contributed by atoms with E-state index in [-0.39, 0.29) is 0 Å². The summed E-state index contributed by atoms with van der Waals surface area (Å²) in [5, 5.41) is 5.04. The molecule has 0 aliphatic heterocycles. The molecule has 0 amide bonds. The summed E-state index contributed by atoms with van der Waals surface area (Å²) in [6, 6.07) is 5.88. The minimum atomic E-state index is 0.406. The van der Waals surface area contributed by atoms with Crippen molar-refractivity contribution in [2.45, 2.75) is 11.9 Å². The summed E-state index contributed by atoms with van der Waals surface area (Å²) < 4.78 is 13.8. The van der Waals surface area contributed by atoms with Gasteiger partial charge >= 0.3 is 0 Å². The van der Waals surface area contributed by atoms with E-state index in [1.165, 1.54) is 0 Å². The third-order valence-corrected chi connectivity index (χ3v) is 3.81. The topological polar surface area (TPSA) is 36.3 Å². The molecule has 0 atom stereocenters. The Morgan fingerprint density at radius 1 is 1.37 bits per heavy atom. The molecular weight excluding hydrogens is 376 g/mol. The normalized spacial score (nSPS) is 10.5. The number of nitrogens with zero attached hydrogens (tertiary/aromatic N) is 2. The van der Waals surface area contributed by atoms with Crippen LogP contribution in [0.3, 0.4) is 0 Å². The molecule has 0 radical (unpaired) electrons. The van der Waals surface area contributed by atoms with Crippen LogP contribution in [0.2, 0.25) is 0 Å². The number of aromatic nitrogens is 2. The van der Waals surface area contributed by atoms with Crippen LogP contribution in [-0.4, -0.2) is 16.9 Å². The highest BCUT2D eigenvalue weighted by Crippen LogP contribution is 2.37. The van der Waals surface area contributed by atoms with Crippen molar-refractivity contribution in [1.82, 2.24) is 9.78 Å². The SMILES string of the molecule is COc1cc(CBr)cc(Br)c1OCc1ccn(C)n1. The number of aryl methyl sites for hydroxylation is 1. The molecule has 1 aromatic heterocycles. The second kappa shape index (κ2) is 6.43. The smallest absolute Gasteiger partial charge is 0.175 e. The van der Waals surface area contributed by atoms with Crippen molar-refractivity contribution < 1.29 is 9.47 Å². The lowest BCUT2D eigenvalue weighted by Crippen LogP contribution is -2.01. The van der Waals surface area contributed by atoms with E-state index in [1.54, 1.807) is 11.8 Å². The van der Waals surface area contributed by atoms with Gasteiger partial charge in [-0.15, -0.1) is 0 Å². The van der Waals surface area contributed by atoms with Crippen molar-refractivity contribution in [2.24, 2.45) is 7.05 Å². The molecule has 1 aromatic carbocycles. The fourth-order valence-electron chi connectivity index (χ4n) is 1.68. The Kier molecular flexibility index (Phi) is 4.87. The molecule has 2 aromatic rings. The first-order valence-electron chi connectivity index (χ1n) is 5.67. The molecule has 0 saturated heterocycles. The summed E-state index contributed by atoms with van der Waals surface area (Å²) in [7, 11) is 3.51. The van der Waals surface area contributed by atoms with E-state index in [2.05, 4.69) is 37.0 Å². The van der Waals surface area contributed by atoms with Crippen LogP contribution in [0.1, 0.15) is 11.3 Å². The molecule has 1 heterocycles. The van der Waals surface area contributed by atoms with Crippen LogP contribution in [0.15, 0.2) is 28.9 Å². The molecule has 0 bridgehead atoms. The van der Waals surface area contributed by atoms with Crippen LogP contribution >= 0.6 is 31.9 Å².